The van der Waals surface area contributed by atoms with E-state index < -0.39 is 5.24 Å². The van der Waals surface area contributed by atoms with Crippen LogP contribution in [0.25, 0.3) is 12.2 Å². The van der Waals surface area contributed by atoms with Gasteiger partial charge in [-0.05, 0) is 23.7 Å². The molecule has 2 rings (SSSR count). The summed E-state index contributed by atoms with van der Waals surface area (Å²) in [6, 6.07) is 1.73. The Labute approximate surface area is 92.6 Å². The molecule has 1 aromatic heterocycles. The van der Waals surface area contributed by atoms with Crippen LogP contribution in [0, 0.1) is 0 Å². The highest BCUT2D eigenvalue weighted by atomic mass is 35.5. The molecule has 0 aromatic carbocycles. The van der Waals surface area contributed by atoms with Crippen molar-refractivity contribution in [2.75, 3.05) is 0 Å². The van der Waals surface area contributed by atoms with Gasteiger partial charge in [-0.25, -0.2) is 0 Å². The van der Waals surface area contributed by atoms with Crippen LogP contribution in [0.1, 0.15) is 21.6 Å². The molecule has 0 saturated carbocycles. The maximum Gasteiger partial charge on any atom is 0.253 e. The monoisotopic (exact) mass is 217 g/mol. The molecule has 1 aromatic rings. The SMILES string of the molecule is O=C(Cl)c1cnc2c(c1)C=CC=CC=C2. The van der Waals surface area contributed by atoms with E-state index in [4.69, 9.17) is 11.6 Å². The normalized spacial score (nSPS) is 13.1. The van der Waals surface area contributed by atoms with E-state index in [1.807, 2.05) is 36.5 Å². The first-order chi connectivity index (χ1) is 7.27. The van der Waals surface area contributed by atoms with Gasteiger partial charge in [-0.1, -0.05) is 30.4 Å². The van der Waals surface area contributed by atoms with E-state index in [0.29, 0.717) is 5.56 Å². The topological polar surface area (TPSA) is 30.0 Å². The zero-order valence-electron chi connectivity index (χ0n) is 7.85. The average Bonchev–Trinajstić information content (AvgIpc) is 2.18. The molecular formula is C12H8ClNO. The van der Waals surface area contributed by atoms with Crippen molar-refractivity contribution in [2.45, 2.75) is 0 Å². The van der Waals surface area contributed by atoms with Crippen LogP contribution in [-0.2, 0) is 0 Å². The Morgan fingerprint density at radius 3 is 2.60 bits per heavy atom. The Morgan fingerprint density at radius 1 is 1.13 bits per heavy atom. The minimum Gasteiger partial charge on any atom is -0.276 e. The lowest BCUT2D eigenvalue weighted by atomic mass is 10.1. The Kier molecular flexibility index (Phi) is 2.79. The van der Waals surface area contributed by atoms with Crippen molar-refractivity contribution in [1.29, 1.82) is 0 Å². The smallest absolute Gasteiger partial charge is 0.253 e. The summed E-state index contributed by atoms with van der Waals surface area (Å²) in [5, 5.41) is -0.486. The molecule has 2 nitrogen and oxygen atoms in total. The minimum absolute atomic E-state index is 0.415. The fourth-order valence-electron chi connectivity index (χ4n) is 1.31. The molecule has 0 radical (unpaired) electrons. The second-order valence-electron chi connectivity index (χ2n) is 3.08. The van der Waals surface area contributed by atoms with E-state index in [2.05, 4.69) is 4.98 Å². The standard InChI is InChI=1S/C12H8ClNO/c13-12(15)10-7-9-5-3-1-2-4-6-11(9)14-8-10/h1-8H. The summed E-state index contributed by atoms with van der Waals surface area (Å²) in [5.74, 6) is 0. The first-order valence-electron chi connectivity index (χ1n) is 4.48. The van der Waals surface area contributed by atoms with E-state index in [9.17, 15) is 4.79 Å². The summed E-state index contributed by atoms with van der Waals surface area (Å²) < 4.78 is 0. The van der Waals surface area contributed by atoms with Crippen molar-refractivity contribution in [3.8, 4) is 0 Å². The van der Waals surface area contributed by atoms with Gasteiger partial charge in [0, 0.05) is 11.8 Å². The number of hydrogen-bond acceptors (Lipinski definition) is 2. The predicted octanol–water partition coefficient (Wildman–Crippen LogP) is 3.06. The quantitative estimate of drug-likeness (QED) is 0.677. The molecule has 0 atom stereocenters. The van der Waals surface area contributed by atoms with Crippen LogP contribution in [-0.4, -0.2) is 10.2 Å². The summed E-state index contributed by atoms with van der Waals surface area (Å²) >= 11 is 5.38. The van der Waals surface area contributed by atoms with Gasteiger partial charge in [0.1, 0.15) is 0 Å². The molecule has 3 heteroatoms. The van der Waals surface area contributed by atoms with Gasteiger partial charge < -0.3 is 0 Å². The molecule has 1 heterocycles. The van der Waals surface area contributed by atoms with Gasteiger partial charge in [0.2, 0.25) is 0 Å². The molecular weight excluding hydrogens is 210 g/mol. The zero-order valence-corrected chi connectivity index (χ0v) is 8.61. The third-order valence-corrected chi connectivity index (χ3v) is 2.26. The number of allylic oxidation sites excluding steroid dienone is 4. The molecule has 1 aliphatic rings. The summed E-state index contributed by atoms with van der Waals surface area (Å²) in [7, 11) is 0. The van der Waals surface area contributed by atoms with Crippen LogP contribution in [0.3, 0.4) is 0 Å². The van der Waals surface area contributed by atoms with Gasteiger partial charge in [-0.2, -0.15) is 0 Å². The van der Waals surface area contributed by atoms with Crippen molar-refractivity contribution in [3.05, 3.63) is 53.4 Å². The van der Waals surface area contributed by atoms with Crippen molar-refractivity contribution < 1.29 is 4.79 Å². The maximum atomic E-state index is 11.0. The molecule has 15 heavy (non-hydrogen) atoms. The molecule has 1 aliphatic carbocycles. The van der Waals surface area contributed by atoms with E-state index >= 15 is 0 Å². The fraction of sp³-hybridized carbons (Fsp3) is 0. The lowest BCUT2D eigenvalue weighted by molar-refractivity contribution is 0.108. The lowest BCUT2D eigenvalue weighted by Gasteiger charge is -2.02. The highest BCUT2D eigenvalue weighted by Gasteiger charge is 2.05. The number of fused-ring (bicyclic) bond motifs is 1. The second-order valence-corrected chi connectivity index (χ2v) is 3.42. The Balaban J connectivity index is 2.53. The van der Waals surface area contributed by atoms with Gasteiger partial charge >= 0.3 is 0 Å². The van der Waals surface area contributed by atoms with Gasteiger partial charge in [-0.3, -0.25) is 9.78 Å². The predicted molar refractivity (Wildman–Crippen MR) is 61.6 cm³/mol. The van der Waals surface area contributed by atoms with Crippen LogP contribution in [0.4, 0.5) is 0 Å². The molecule has 0 bridgehead atoms. The third-order valence-electron chi connectivity index (χ3n) is 2.04. The number of carbonyl (C=O) groups excluding carboxylic acids is 1. The number of pyridine rings is 1. The number of nitrogens with zero attached hydrogens (tertiary/aromatic N) is 1. The molecule has 0 N–H and O–H groups in total. The lowest BCUT2D eigenvalue weighted by Crippen LogP contribution is -1.95. The average molecular weight is 218 g/mol. The number of carbonyl (C=O) groups is 1. The Bertz CT molecular complexity index is 486. The van der Waals surface area contributed by atoms with Crippen molar-refractivity contribution in [2.24, 2.45) is 0 Å². The highest BCUT2D eigenvalue weighted by molar-refractivity contribution is 6.67. The highest BCUT2D eigenvalue weighted by Crippen LogP contribution is 2.15. The van der Waals surface area contributed by atoms with Crippen LogP contribution in [0.2, 0.25) is 0 Å². The third kappa shape index (κ3) is 2.22. The molecule has 0 aliphatic heterocycles. The first kappa shape index (κ1) is 9.87. The van der Waals surface area contributed by atoms with Crippen molar-refractivity contribution in [3.63, 3.8) is 0 Å². The van der Waals surface area contributed by atoms with E-state index in [1.165, 1.54) is 6.20 Å². The molecule has 0 amide bonds. The first-order valence-corrected chi connectivity index (χ1v) is 4.86. The number of rotatable bonds is 1. The second kappa shape index (κ2) is 4.24. The molecule has 0 unspecified atom stereocenters. The van der Waals surface area contributed by atoms with Gasteiger partial charge in [0.15, 0.2) is 0 Å². The number of aromatic nitrogens is 1. The zero-order chi connectivity index (χ0) is 10.7. The number of hydrogen-bond donors (Lipinski definition) is 0. The van der Waals surface area contributed by atoms with Crippen LogP contribution >= 0.6 is 11.6 Å². The fourth-order valence-corrected chi connectivity index (χ4v) is 1.41. The molecule has 0 spiro atoms. The van der Waals surface area contributed by atoms with Crippen LogP contribution in [0.5, 0.6) is 0 Å². The maximum absolute atomic E-state index is 11.0. The molecule has 0 fully saturated rings. The van der Waals surface area contributed by atoms with Crippen molar-refractivity contribution >= 4 is 29.0 Å². The van der Waals surface area contributed by atoms with Crippen LogP contribution in [0.15, 0.2) is 36.6 Å². The van der Waals surface area contributed by atoms with E-state index in [0.717, 1.165) is 11.3 Å². The van der Waals surface area contributed by atoms with Crippen molar-refractivity contribution in [1.82, 2.24) is 4.98 Å². The van der Waals surface area contributed by atoms with Gasteiger partial charge in [0.05, 0.1) is 11.3 Å². The molecule has 0 saturated heterocycles. The summed E-state index contributed by atoms with van der Waals surface area (Å²) in [6.07, 6.45) is 12.9. The molecule has 74 valence electrons. The summed E-state index contributed by atoms with van der Waals surface area (Å²) in [5.41, 5.74) is 2.14. The Hall–Kier alpha value is -1.67. The number of halogens is 1. The summed E-state index contributed by atoms with van der Waals surface area (Å²) in [6.45, 7) is 0. The van der Waals surface area contributed by atoms with Crippen LogP contribution < -0.4 is 0 Å². The Morgan fingerprint density at radius 2 is 1.87 bits per heavy atom. The summed E-state index contributed by atoms with van der Waals surface area (Å²) in [4.78, 5) is 15.1. The van der Waals surface area contributed by atoms with E-state index in [1.54, 1.807) is 6.07 Å². The van der Waals surface area contributed by atoms with Gasteiger partial charge in [0.25, 0.3) is 5.24 Å². The largest absolute Gasteiger partial charge is 0.276 e. The minimum atomic E-state index is -0.486. The van der Waals surface area contributed by atoms with Gasteiger partial charge in [-0.15, -0.1) is 0 Å². The van der Waals surface area contributed by atoms with E-state index in [-0.39, 0.29) is 0 Å².